The molecular formula is C17H29N3O. The summed E-state index contributed by atoms with van der Waals surface area (Å²) in [5.74, 6) is 0.336. The van der Waals surface area contributed by atoms with Crippen LogP contribution in [0.1, 0.15) is 64.1 Å². The molecule has 0 amide bonds. The SMILES string of the molecule is CC(C)n1ccc(CC(=O)C2(N(C)C)CCCCCC2)n1. The Bertz CT molecular complexity index is 468. The van der Waals surface area contributed by atoms with Crippen molar-refractivity contribution in [2.24, 2.45) is 0 Å². The topological polar surface area (TPSA) is 38.1 Å². The second kappa shape index (κ2) is 6.73. The number of Topliss-reactive ketones (excluding diaryl/α,β-unsaturated/α-hetero) is 1. The van der Waals surface area contributed by atoms with Crippen LogP contribution in [0.4, 0.5) is 0 Å². The van der Waals surface area contributed by atoms with Gasteiger partial charge >= 0.3 is 0 Å². The molecule has 4 heteroatoms. The Balaban J connectivity index is 2.14. The summed E-state index contributed by atoms with van der Waals surface area (Å²) in [6.07, 6.45) is 9.23. The van der Waals surface area contributed by atoms with Crippen LogP contribution in [0.5, 0.6) is 0 Å². The van der Waals surface area contributed by atoms with Gasteiger partial charge in [-0.15, -0.1) is 0 Å². The van der Waals surface area contributed by atoms with Gasteiger partial charge in [-0.2, -0.15) is 5.10 Å². The van der Waals surface area contributed by atoms with E-state index >= 15 is 0 Å². The maximum absolute atomic E-state index is 13.0. The quantitative estimate of drug-likeness (QED) is 0.782. The third-order valence-corrected chi connectivity index (χ3v) is 4.84. The first-order valence-electron chi connectivity index (χ1n) is 8.20. The molecule has 118 valence electrons. The molecule has 1 aromatic rings. The molecule has 0 aliphatic heterocycles. The number of hydrogen-bond donors (Lipinski definition) is 0. The van der Waals surface area contributed by atoms with Crippen LogP contribution < -0.4 is 0 Å². The number of ketones is 1. The molecule has 0 N–H and O–H groups in total. The van der Waals surface area contributed by atoms with E-state index < -0.39 is 0 Å². The molecule has 0 saturated heterocycles. The Kier molecular flexibility index (Phi) is 5.20. The van der Waals surface area contributed by atoms with E-state index in [2.05, 4.69) is 37.9 Å². The minimum Gasteiger partial charge on any atom is -0.297 e. The van der Waals surface area contributed by atoms with Crippen molar-refractivity contribution in [1.29, 1.82) is 0 Å². The van der Waals surface area contributed by atoms with Crippen LogP contribution in [0.15, 0.2) is 12.3 Å². The fourth-order valence-electron chi connectivity index (χ4n) is 3.38. The summed E-state index contributed by atoms with van der Waals surface area (Å²) in [6.45, 7) is 4.20. The normalized spacial score (nSPS) is 19.0. The molecule has 0 radical (unpaired) electrons. The smallest absolute Gasteiger partial charge is 0.159 e. The van der Waals surface area contributed by atoms with E-state index in [-0.39, 0.29) is 5.54 Å². The van der Waals surface area contributed by atoms with Crippen LogP contribution in [0.25, 0.3) is 0 Å². The number of nitrogens with zero attached hydrogens (tertiary/aromatic N) is 3. The Hall–Kier alpha value is -1.16. The van der Waals surface area contributed by atoms with Gasteiger partial charge in [-0.3, -0.25) is 14.4 Å². The average Bonchev–Trinajstić information content (AvgIpc) is 2.74. The molecule has 1 heterocycles. The number of carbonyl (C=O) groups excluding carboxylic acids is 1. The lowest BCUT2D eigenvalue weighted by Crippen LogP contribution is -2.51. The summed E-state index contributed by atoms with van der Waals surface area (Å²) < 4.78 is 1.93. The minimum absolute atomic E-state index is 0.280. The fourth-order valence-corrected chi connectivity index (χ4v) is 3.38. The number of aromatic nitrogens is 2. The molecule has 0 aromatic carbocycles. The lowest BCUT2D eigenvalue weighted by Gasteiger charge is -2.38. The van der Waals surface area contributed by atoms with E-state index in [1.165, 1.54) is 12.8 Å². The van der Waals surface area contributed by atoms with Gasteiger partial charge in [0.05, 0.1) is 17.7 Å². The summed E-state index contributed by atoms with van der Waals surface area (Å²) in [5.41, 5.74) is 0.622. The predicted molar refractivity (Wildman–Crippen MR) is 85.4 cm³/mol. The highest BCUT2D eigenvalue weighted by molar-refractivity contribution is 5.90. The van der Waals surface area contributed by atoms with E-state index in [9.17, 15) is 4.79 Å². The van der Waals surface area contributed by atoms with Crippen molar-refractivity contribution in [3.63, 3.8) is 0 Å². The van der Waals surface area contributed by atoms with E-state index in [0.717, 1.165) is 31.4 Å². The fraction of sp³-hybridized carbons (Fsp3) is 0.765. The number of likely N-dealkylation sites (N-methyl/N-ethyl adjacent to an activating group) is 1. The van der Waals surface area contributed by atoms with Gasteiger partial charge < -0.3 is 0 Å². The number of carbonyl (C=O) groups is 1. The van der Waals surface area contributed by atoms with Gasteiger partial charge in [-0.1, -0.05) is 25.7 Å². The predicted octanol–water partition coefficient (Wildman–Crippen LogP) is 3.23. The third-order valence-electron chi connectivity index (χ3n) is 4.84. The Labute approximate surface area is 128 Å². The molecule has 1 aromatic heterocycles. The van der Waals surface area contributed by atoms with E-state index in [1.54, 1.807) is 0 Å². The third kappa shape index (κ3) is 3.54. The molecule has 0 unspecified atom stereocenters. The molecule has 0 atom stereocenters. The molecular weight excluding hydrogens is 262 g/mol. The summed E-state index contributed by atoms with van der Waals surface area (Å²) in [4.78, 5) is 15.1. The van der Waals surface area contributed by atoms with Crippen molar-refractivity contribution in [3.05, 3.63) is 18.0 Å². The standard InChI is InChI=1S/C17H29N3O/c1-14(2)20-12-9-15(18-20)13-16(21)17(19(3)4)10-7-5-6-8-11-17/h9,12,14H,5-8,10-11,13H2,1-4H3. The molecule has 0 bridgehead atoms. The zero-order valence-electron chi connectivity index (χ0n) is 13.9. The van der Waals surface area contributed by atoms with Gasteiger partial charge in [0.25, 0.3) is 0 Å². The van der Waals surface area contributed by atoms with Crippen LogP contribution in [0, 0.1) is 0 Å². The second-order valence-electron chi connectivity index (χ2n) is 6.82. The second-order valence-corrected chi connectivity index (χ2v) is 6.82. The highest BCUT2D eigenvalue weighted by Gasteiger charge is 2.40. The Morgan fingerprint density at radius 3 is 2.38 bits per heavy atom. The highest BCUT2D eigenvalue weighted by Crippen LogP contribution is 2.32. The van der Waals surface area contributed by atoms with Crippen LogP contribution in [-0.4, -0.2) is 40.1 Å². The van der Waals surface area contributed by atoms with Gasteiger partial charge in [-0.05, 0) is 46.9 Å². The van der Waals surface area contributed by atoms with Crippen LogP contribution >= 0.6 is 0 Å². The van der Waals surface area contributed by atoms with Gasteiger partial charge in [0.2, 0.25) is 0 Å². The minimum atomic E-state index is -0.280. The summed E-state index contributed by atoms with van der Waals surface area (Å²) >= 11 is 0. The summed E-state index contributed by atoms with van der Waals surface area (Å²) in [6, 6.07) is 2.33. The molecule has 4 nitrogen and oxygen atoms in total. The zero-order valence-corrected chi connectivity index (χ0v) is 13.9. The molecule has 1 saturated carbocycles. The maximum Gasteiger partial charge on any atom is 0.159 e. The first-order valence-corrected chi connectivity index (χ1v) is 8.20. The lowest BCUT2D eigenvalue weighted by atomic mass is 9.82. The average molecular weight is 291 g/mol. The van der Waals surface area contributed by atoms with Gasteiger partial charge in [0.1, 0.15) is 0 Å². The molecule has 21 heavy (non-hydrogen) atoms. The summed E-state index contributed by atoms with van der Waals surface area (Å²) in [7, 11) is 4.10. The van der Waals surface area contributed by atoms with Crippen LogP contribution in [0.3, 0.4) is 0 Å². The van der Waals surface area contributed by atoms with Crippen molar-refractivity contribution in [2.45, 2.75) is 70.4 Å². The molecule has 2 rings (SSSR count). The van der Waals surface area contributed by atoms with Crippen molar-refractivity contribution in [3.8, 4) is 0 Å². The summed E-state index contributed by atoms with van der Waals surface area (Å²) in [5, 5.41) is 4.54. The van der Waals surface area contributed by atoms with Crippen LogP contribution in [0.2, 0.25) is 0 Å². The van der Waals surface area contributed by atoms with Crippen molar-refractivity contribution in [2.75, 3.05) is 14.1 Å². The van der Waals surface area contributed by atoms with Crippen molar-refractivity contribution in [1.82, 2.24) is 14.7 Å². The zero-order chi connectivity index (χ0) is 15.5. The first-order chi connectivity index (χ1) is 9.95. The molecule has 1 aliphatic rings. The van der Waals surface area contributed by atoms with Crippen molar-refractivity contribution < 1.29 is 4.79 Å². The molecule has 1 aliphatic carbocycles. The maximum atomic E-state index is 13.0. The molecule has 0 spiro atoms. The van der Waals surface area contributed by atoms with E-state index in [1.807, 2.05) is 16.9 Å². The largest absolute Gasteiger partial charge is 0.297 e. The number of hydrogen-bond acceptors (Lipinski definition) is 3. The Morgan fingerprint density at radius 1 is 1.29 bits per heavy atom. The highest BCUT2D eigenvalue weighted by atomic mass is 16.1. The van der Waals surface area contributed by atoms with Gasteiger partial charge in [-0.25, -0.2) is 0 Å². The van der Waals surface area contributed by atoms with Gasteiger partial charge in [0.15, 0.2) is 5.78 Å². The van der Waals surface area contributed by atoms with E-state index in [4.69, 9.17) is 0 Å². The molecule has 1 fully saturated rings. The first kappa shape index (κ1) is 16.2. The monoisotopic (exact) mass is 291 g/mol. The number of rotatable bonds is 5. The van der Waals surface area contributed by atoms with E-state index in [0.29, 0.717) is 18.2 Å². The van der Waals surface area contributed by atoms with Gasteiger partial charge in [0, 0.05) is 12.2 Å². The van der Waals surface area contributed by atoms with Crippen LogP contribution in [-0.2, 0) is 11.2 Å². The van der Waals surface area contributed by atoms with Crippen molar-refractivity contribution >= 4 is 5.78 Å². The Morgan fingerprint density at radius 2 is 1.90 bits per heavy atom. The lowest BCUT2D eigenvalue weighted by molar-refractivity contribution is -0.130.